The fraction of sp³-hybridized carbons (Fsp3) is 0.739. The van der Waals surface area contributed by atoms with Gasteiger partial charge in [-0.15, -0.1) is 0 Å². The number of piperidine rings is 1. The lowest BCUT2D eigenvalue weighted by atomic mass is 10.1. The molecule has 1 aromatic rings. The van der Waals surface area contributed by atoms with Gasteiger partial charge in [0.25, 0.3) is 0 Å². The molecule has 0 saturated carbocycles. The summed E-state index contributed by atoms with van der Waals surface area (Å²) >= 11 is 6.02. The number of hydrogen-bond donors (Lipinski definition) is 0. The van der Waals surface area contributed by atoms with E-state index in [9.17, 15) is 0 Å². The second kappa shape index (κ2) is 23.4. The molecule has 0 N–H and O–H groups in total. The van der Waals surface area contributed by atoms with E-state index in [4.69, 9.17) is 16.3 Å². The third-order valence-corrected chi connectivity index (χ3v) is 4.04. The van der Waals surface area contributed by atoms with Crippen LogP contribution < -0.4 is 0 Å². The second-order valence-corrected chi connectivity index (χ2v) is 5.91. The number of ether oxygens (including phenoxy) is 2. The summed E-state index contributed by atoms with van der Waals surface area (Å²) in [5, 5.41) is 0.822. The average Bonchev–Trinajstić information content (AvgIpc) is 2.74. The van der Waals surface area contributed by atoms with Crippen LogP contribution in [-0.2, 0) is 16.1 Å². The van der Waals surface area contributed by atoms with Crippen molar-refractivity contribution in [1.29, 1.82) is 0 Å². The lowest BCUT2D eigenvalue weighted by molar-refractivity contribution is -0.0636. The van der Waals surface area contributed by atoms with Crippen LogP contribution in [0.4, 0.5) is 0 Å². The molecule has 0 aliphatic carbocycles. The van der Waals surface area contributed by atoms with Crippen molar-refractivity contribution in [3.63, 3.8) is 0 Å². The molecule has 0 spiro atoms. The summed E-state index contributed by atoms with van der Waals surface area (Å²) in [6.07, 6.45) is 4.17. The van der Waals surface area contributed by atoms with Crippen LogP contribution in [0.1, 0.15) is 78.9 Å². The number of halogens is 1. The molecular formula is C23H46ClNO2. The predicted molar refractivity (Wildman–Crippen MR) is 123 cm³/mol. The van der Waals surface area contributed by atoms with Gasteiger partial charge in [-0.25, -0.2) is 0 Å². The topological polar surface area (TPSA) is 21.7 Å². The van der Waals surface area contributed by atoms with Gasteiger partial charge in [-0.1, -0.05) is 71.7 Å². The van der Waals surface area contributed by atoms with Gasteiger partial charge in [0.2, 0.25) is 0 Å². The van der Waals surface area contributed by atoms with Crippen LogP contribution in [0, 0.1) is 6.92 Å². The molecule has 1 aliphatic rings. The number of rotatable bonds is 4. The van der Waals surface area contributed by atoms with E-state index < -0.39 is 0 Å². The smallest absolute Gasteiger partial charge is 0.108 e. The average molecular weight is 404 g/mol. The van der Waals surface area contributed by atoms with Crippen LogP contribution in [0.15, 0.2) is 18.2 Å². The first-order valence-corrected chi connectivity index (χ1v) is 11.0. The fourth-order valence-corrected chi connectivity index (χ4v) is 2.52. The first-order valence-electron chi connectivity index (χ1n) is 10.6. The molecule has 0 bridgehead atoms. The van der Waals surface area contributed by atoms with E-state index in [1.807, 2.05) is 60.6 Å². The Labute approximate surface area is 175 Å². The Hall–Kier alpha value is -0.610. The Morgan fingerprint density at radius 2 is 1.44 bits per heavy atom. The Morgan fingerprint density at radius 3 is 1.89 bits per heavy atom. The second-order valence-electron chi connectivity index (χ2n) is 5.50. The number of nitrogens with zero attached hydrogens (tertiary/aromatic N) is 1. The summed E-state index contributed by atoms with van der Waals surface area (Å²) in [6.45, 7) is 19.2. The minimum Gasteiger partial charge on any atom is -0.388 e. The molecule has 0 radical (unpaired) electrons. The SMILES string of the molecule is CC.CC.CC.COC.Cc1cc(COC(C)N2CCCCC2)ccc1Cl. The van der Waals surface area contributed by atoms with Gasteiger partial charge in [0.1, 0.15) is 6.23 Å². The van der Waals surface area contributed by atoms with Crippen LogP contribution in [0.2, 0.25) is 5.02 Å². The summed E-state index contributed by atoms with van der Waals surface area (Å²) in [7, 11) is 3.25. The maximum absolute atomic E-state index is 6.02. The molecule has 0 amide bonds. The van der Waals surface area contributed by atoms with Crippen molar-refractivity contribution in [3.05, 3.63) is 34.3 Å². The Bertz CT molecular complexity index is 407. The zero-order chi connectivity index (χ0) is 21.7. The number of hydrogen-bond acceptors (Lipinski definition) is 3. The highest BCUT2D eigenvalue weighted by atomic mass is 35.5. The summed E-state index contributed by atoms with van der Waals surface area (Å²) < 4.78 is 10.2. The summed E-state index contributed by atoms with van der Waals surface area (Å²) in [6, 6.07) is 6.09. The maximum Gasteiger partial charge on any atom is 0.108 e. The van der Waals surface area contributed by atoms with Gasteiger partial charge < -0.3 is 9.47 Å². The standard InChI is InChI=1S/C15H22ClNO.C2H6O.3C2H6/c1-12-10-14(6-7-15(12)16)11-18-13(2)17-8-4-3-5-9-17;1-3-2;3*1-2/h6-7,10,13H,3-5,8-9,11H2,1-2H3;1-2H3;3*1-2H3. The molecular weight excluding hydrogens is 358 g/mol. The molecule has 1 aromatic carbocycles. The van der Waals surface area contributed by atoms with Crippen molar-refractivity contribution < 1.29 is 9.47 Å². The third kappa shape index (κ3) is 16.1. The third-order valence-electron chi connectivity index (χ3n) is 3.62. The molecule has 2 rings (SSSR count). The molecule has 27 heavy (non-hydrogen) atoms. The molecule has 0 aromatic heterocycles. The van der Waals surface area contributed by atoms with Crippen LogP contribution in [0.3, 0.4) is 0 Å². The number of likely N-dealkylation sites (tertiary alicyclic amines) is 1. The molecule has 1 heterocycles. The summed E-state index contributed by atoms with van der Waals surface area (Å²) in [5.41, 5.74) is 2.31. The van der Waals surface area contributed by atoms with Crippen molar-refractivity contribution in [1.82, 2.24) is 4.90 Å². The van der Waals surface area contributed by atoms with Crippen LogP contribution in [-0.4, -0.2) is 38.4 Å². The van der Waals surface area contributed by atoms with Gasteiger partial charge in [-0.3, -0.25) is 4.90 Å². The van der Waals surface area contributed by atoms with Gasteiger partial charge in [0.05, 0.1) is 6.61 Å². The summed E-state index contributed by atoms with van der Waals surface area (Å²) in [4.78, 5) is 2.42. The van der Waals surface area contributed by atoms with E-state index in [2.05, 4.69) is 22.6 Å². The van der Waals surface area contributed by atoms with E-state index in [0.29, 0.717) is 6.61 Å². The Balaban J connectivity index is -0.000000555. The molecule has 4 heteroatoms. The van der Waals surface area contributed by atoms with Crippen molar-refractivity contribution in [2.75, 3.05) is 27.3 Å². The van der Waals surface area contributed by atoms with E-state index in [0.717, 1.165) is 10.6 Å². The molecule has 1 fully saturated rings. The fourth-order valence-electron chi connectivity index (χ4n) is 2.40. The largest absolute Gasteiger partial charge is 0.388 e. The lowest BCUT2D eigenvalue weighted by Gasteiger charge is -2.32. The number of aryl methyl sites for hydroxylation is 1. The Kier molecular flexibility index (Phi) is 27.0. The Morgan fingerprint density at radius 1 is 0.963 bits per heavy atom. The molecule has 162 valence electrons. The van der Waals surface area contributed by atoms with Crippen LogP contribution >= 0.6 is 11.6 Å². The maximum atomic E-state index is 6.02. The zero-order valence-corrected chi connectivity index (χ0v) is 20.4. The first-order chi connectivity index (χ1) is 13.1. The van der Waals surface area contributed by atoms with Crippen LogP contribution in [0.5, 0.6) is 0 Å². The highest BCUT2D eigenvalue weighted by Gasteiger charge is 2.16. The zero-order valence-electron chi connectivity index (χ0n) is 19.7. The van der Waals surface area contributed by atoms with Gasteiger partial charge in [-0.2, -0.15) is 0 Å². The normalized spacial score (nSPS) is 13.9. The van der Waals surface area contributed by atoms with E-state index in [1.54, 1.807) is 14.2 Å². The van der Waals surface area contributed by atoms with Gasteiger partial charge >= 0.3 is 0 Å². The predicted octanol–water partition coefficient (Wildman–Crippen LogP) is 7.34. The summed E-state index contributed by atoms with van der Waals surface area (Å²) in [5.74, 6) is 0. The van der Waals surface area contributed by atoms with Crippen molar-refractivity contribution in [2.45, 2.75) is 87.5 Å². The number of methoxy groups -OCH3 is 1. The number of benzene rings is 1. The minimum absolute atomic E-state index is 0.210. The quantitative estimate of drug-likeness (QED) is 0.524. The van der Waals surface area contributed by atoms with Gasteiger partial charge in [-0.05, 0) is 43.9 Å². The minimum atomic E-state index is 0.210. The van der Waals surface area contributed by atoms with E-state index >= 15 is 0 Å². The van der Waals surface area contributed by atoms with Crippen molar-refractivity contribution in [2.24, 2.45) is 0 Å². The molecule has 1 unspecified atom stereocenters. The molecule has 3 nitrogen and oxygen atoms in total. The monoisotopic (exact) mass is 403 g/mol. The van der Waals surface area contributed by atoms with Gasteiger partial charge in [0.15, 0.2) is 0 Å². The molecule has 1 aliphatic heterocycles. The van der Waals surface area contributed by atoms with Crippen LogP contribution in [0.25, 0.3) is 0 Å². The van der Waals surface area contributed by atoms with Crippen molar-refractivity contribution >= 4 is 11.6 Å². The molecule has 1 saturated heterocycles. The highest BCUT2D eigenvalue weighted by Crippen LogP contribution is 2.18. The van der Waals surface area contributed by atoms with E-state index in [1.165, 1.54) is 37.9 Å². The molecule has 1 atom stereocenters. The first kappa shape index (κ1) is 31.1. The van der Waals surface area contributed by atoms with E-state index in [-0.39, 0.29) is 6.23 Å². The highest BCUT2D eigenvalue weighted by molar-refractivity contribution is 6.31. The lowest BCUT2D eigenvalue weighted by Crippen LogP contribution is -2.38. The van der Waals surface area contributed by atoms with Crippen molar-refractivity contribution in [3.8, 4) is 0 Å². The van der Waals surface area contributed by atoms with Gasteiger partial charge in [0, 0.05) is 32.3 Å².